The summed E-state index contributed by atoms with van der Waals surface area (Å²) < 4.78 is 53.8. The molecule has 266 valence electrons. The van der Waals surface area contributed by atoms with Crippen molar-refractivity contribution in [3.8, 4) is 0 Å². The third-order valence-electron chi connectivity index (χ3n) is 12.3. The van der Waals surface area contributed by atoms with Crippen LogP contribution in [0, 0.1) is 34.5 Å². The lowest BCUT2D eigenvalue weighted by atomic mass is 9.47. The van der Waals surface area contributed by atoms with Crippen LogP contribution >= 0.6 is 14.7 Å². The van der Waals surface area contributed by atoms with Gasteiger partial charge < -0.3 is 23.3 Å². The number of fused-ring (bicyclic) bond motifs is 5. The van der Waals surface area contributed by atoms with Crippen LogP contribution in [0.3, 0.4) is 0 Å². The number of unbranched alkanes of at least 4 members (excludes halogenated alkanes) is 1. The summed E-state index contributed by atoms with van der Waals surface area (Å²) in [4.78, 5) is 11.5. The summed E-state index contributed by atoms with van der Waals surface area (Å²) in [6.07, 6.45) is 18.8. The first kappa shape index (κ1) is 37.3. The van der Waals surface area contributed by atoms with Gasteiger partial charge in [-0.2, -0.15) is 0 Å². The predicted molar refractivity (Wildman–Crippen MR) is 187 cm³/mol. The van der Waals surface area contributed by atoms with Crippen molar-refractivity contribution >= 4 is 20.7 Å². The minimum Gasteiger partial charge on any atom is -0.469 e. The largest absolute Gasteiger partial charge is 0.469 e. The molecule has 0 aromatic carbocycles. The molecular formula is C37H60O8P2. The van der Waals surface area contributed by atoms with Crippen molar-refractivity contribution in [3.05, 3.63) is 35.5 Å². The minimum atomic E-state index is -2.78. The van der Waals surface area contributed by atoms with Gasteiger partial charge in [0.05, 0.1) is 19.8 Å². The second kappa shape index (κ2) is 14.7. The highest BCUT2D eigenvalue weighted by atomic mass is 31.2. The number of allylic oxidation sites excluding steroid dienone is 3. The van der Waals surface area contributed by atoms with Crippen LogP contribution in [0.4, 0.5) is 0 Å². The van der Waals surface area contributed by atoms with Crippen molar-refractivity contribution in [2.45, 2.75) is 116 Å². The molecule has 10 atom stereocenters. The van der Waals surface area contributed by atoms with Gasteiger partial charge in [0.15, 0.2) is 21.0 Å². The van der Waals surface area contributed by atoms with E-state index in [0.717, 1.165) is 50.4 Å². The Bertz CT molecular complexity index is 1330. The monoisotopic (exact) mass is 694 g/mol. The summed E-state index contributed by atoms with van der Waals surface area (Å²) in [5.41, 5.74) is 3.65. The normalized spacial score (nSPS) is 39.1. The maximum absolute atomic E-state index is 12.4. The highest BCUT2D eigenvalue weighted by molar-refractivity contribution is 7.57. The van der Waals surface area contributed by atoms with E-state index in [1.165, 1.54) is 38.4 Å². The number of carbonyl (C=O) groups excluding carboxylic acids is 1. The molecule has 0 bridgehead atoms. The molecule has 1 aliphatic heterocycles. The predicted octanol–water partition coefficient (Wildman–Crippen LogP) is 9.00. The van der Waals surface area contributed by atoms with Crippen molar-refractivity contribution in [1.82, 2.24) is 0 Å². The molecule has 0 radical (unpaired) electrons. The number of methoxy groups -OCH3 is 1. The van der Waals surface area contributed by atoms with E-state index in [4.69, 9.17) is 23.3 Å². The smallest absolute Gasteiger partial charge is 0.305 e. The highest BCUT2D eigenvalue weighted by Crippen LogP contribution is 2.67. The number of ether oxygens (including phenoxy) is 3. The van der Waals surface area contributed by atoms with Crippen LogP contribution in [0.5, 0.6) is 0 Å². The van der Waals surface area contributed by atoms with E-state index in [2.05, 4.69) is 32.9 Å². The SMILES string of the molecule is COC(=O)CCC/C=C(\C)[C@H]1CC[C@H]2[C@@H]3CC=C4C[C@@H](OC5C=C[C@H](OP(C)(C)=O)[C@@H](COP(C)(C)=O)O5)CC[C@]4(C)[C@H]3CC[C@]12C. The van der Waals surface area contributed by atoms with Gasteiger partial charge >= 0.3 is 5.97 Å². The van der Waals surface area contributed by atoms with Gasteiger partial charge in [0.2, 0.25) is 0 Å². The second-order valence-electron chi connectivity index (χ2n) is 16.1. The Morgan fingerprint density at radius 1 is 1.02 bits per heavy atom. The lowest BCUT2D eigenvalue weighted by molar-refractivity contribution is -0.199. The van der Waals surface area contributed by atoms with Gasteiger partial charge in [0, 0.05) is 33.1 Å². The third kappa shape index (κ3) is 8.66. The number of carbonyl (C=O) groups is 1. The molecule has 0 amide bonds. The molecule has 0 spiro atoms. The Morgan fingerprint density at radius 3 is 2.49 bits per heavy atom. The van der Waals surface area contributed by atoms with Crippen LogP contribution in [0.1, 0.15) is 91.4 Å². The highest BCUT2D eigenvalue weighted by Gasteiger charge is 2.58. The molecule has 4 aliphatic carbocycles. The molecule has 47 heavy (non-hydrogen) atoms. The zero-order valence-electron chi connectivity index (χ0n) is 30.1. The van der Waals surface area contributed by atoms with Crippen LogP contribution < -0.4 is 0 Å². The quantitative estimate of drug-likeness (QED) is 0.0865. The second-order valence-corrected chi connectivity index (χ2v) is 21.6. The summed E-state index contributed by atoms with van der Waals surface area (Å²) in [7, 11) is -4.04. The summed E-state index contributed by atoms with van der Waals surface area (Å²) in [5.74, 6) is 2.73. The molecule has 8 nitrogen and oxygen atoms in total. The van der Waals surface area contributed by atoms with Crippen LogP contribution in [0.25, 0.3) is 0 Å². The fourth-order valence-electron chi connectivity index (χ4n) is 9.98. The van der Waals surface area contributed by atoms with Gasteiger partial charge in [-0.15, -0.1) is 0 Å². The van der Waals surface area contributed by atoms with Crippen LogP contribution in [0.15, 0.2) is 35.5 Å². The first-order valence-corrected chi connectivity index (χ1v) is 22.9. The molecular weight excluding hydrogens is 634 g/mol. The van der Waals surface area contributed by atoms with E-state index >= 15 is 0 Å². The topological polar surface area (TPSA) is 97.4 Å². The first-order valence-electron chi connectivity index (χ1n) is 17.9. The lowest BCUT2D eigenvalue weighted by Crippen LogP contribution is -2.51. The molecule has 0 aromatic rings. The van der Waals surface area contributed by atoms with Gasteiger partial charge in [-0.05, 0) is 112 Å². The van der Waals surface area contributed by atoms with E-state index in [9.17, 15) is 13.9 Å². The number of hydrogen-bond donors (Lipinski definition) is 0. The molecule has 1 unspecified atom stereocenters. The van der Waals surface area contributed by atoms with Crippen molar-refractivity contribution in [2.75, 3.05) is 40.4 Å². The van der Waals surface area contributed by atoms with Crippen LogP contribution in [0.2, 0.25) is 0 Å². The molecule has 3 saturated carbocycles. The first-order chi connectivity index (χ1) is 22.0. The summed E-state index contributed by atoms with van der Waals surface area (Å²) >= 11 is 0. The molecule has 3 fully saturated rings. The summed E-state index contributed by atoms with van der Waals surface area (Å²) in [6, 6.07) is 0. The van der Waals surface area contributed by atoms with Crippen LogP contribution in [-0.4, -0.2) is 70.9 Å². The standard InChI is InChI=1S/C37H60O8P2/c1-25(11-9-10-12-34(38)41-4)29-15-16-30-28-14-13-26-23-27(19-21-36(26,2)31(28)20-22-37(29,30)3)43-35-18-17-32(45-47(7,8)40)33(44-35)24-42-46(5,6)39/h11,13,17-18,27-33,35H,9-10,12,14-16,19-24H2,1-8H3/b25-11+/t27-,28-,29+,30-,31-,32-,33+,35?,36-,37+/m0/s1. The van der Waals surface area contributed by atoms with Gasteiger partial charge in [0.1, 0.15) is 12.2 Å². The number of esters is 1. The lowest BCUT2D eigenvalue weighted by Gasteiger charge is -2.58. The molecule has 1 heterocycles. The average molecular weight is 695 g/mol. The molecule has 10 heteroatoms. The van der Waals surface area contributed by atoms with E-state index in [-0.39, 0.29) is 24.1 Å². The van der Waals surface area contributed by atoms with E-state index in [1.54, 1.807) is 32.2 Å². The van der Waals surface area contributed by atoms with Gasteiger partial charge in [-0.25, -0.2) is 0 Å². The Balaban J connectivity index is 1.21. The molecule has 0 saturated heterocycles. The number of hydrogen-bond acceptors (Lipinski definition) is 8. The van der Waals surface area contributed by atoms with Crippen LogP contribution in [-0.2, 0) is 37.2 Å². The van der Waals surface area contributed by atoms with Gasteiger partial charge in [-0.3, -0.25) is 13.9 Å². The Morgan fingerprint density at radius 2 is 1.79 bits per heavy atom. The number of rotatable bonds is 12. The molecule has 0 aromatic heterocycles. The Kier molecular flexibility index (Phi) is 11.6. The minimum absolute atomic E-state index is 0.0585. The maximum atomic E-state index is 12.4. The maximum Gasteiger partial charge on any atom is 0.305 e. The van der Waals surface area contributed by atoms with E-state index < -0.39 is 33.2 Å². The average Bonchev–Trinajstić information content (AvgIpc) is 3.35. The zero-order valence-corrected chi connectivity index (χ0v) is 31.9. The molecule has 0 N–H and O–H groups in total. The molecule has 5 rings (SSSR count). The van der Waals surface area contributed by atoms with Crippen molar-refractivity contribution < 1.29 is 37.2 Å². The van der Waals surface area contributed by atoms with Gasteiger partial charge in [0.25, 0.3) is 0 Å². The van der Waals surface area contributed by atoms with Crippen molar-refractivity contribution in [2.24, 2.45) is 34.5 Å². The Labute approximate surface area is 283 Å². The fourth-order valence-corrected chi connectivity index (χ4v) is 11.3. The van der Waals surface area contributed by atoms with E-state index in [0.29, 0.717) is 23.7 Å². The summed E-state index contributed by atoms with van der Waals surface area (Å²) in [6.45, 7) is 13.8. The van der Waals surface area contributed by atoms with Crippen molar-refractivity contribution in [1.29, 1.82) is 0 Å². The fraction of sp³-hybridized carbons (Fsp3) is 0.811. The Hall–Kier alpha value is -1.01. The summed E-state index contributed by atoms with van der Waals surface area (Å²) in [5, 5.41) is 0. The zero-order chi connectivity index (χ0) is 34.2. The van der Waals surface area contributed by atoms with Gasteiger partial charge in [-0.1, -0.05) is 43.2 Å². The third-order valence-corrected chi connectivity index (χ3v) is 13.8. The van der Waals surface area contributed by atoms with Crippen molar-refractivity contribution in [3.63, 3.8) is 0 Å². The molecule has 5 aliphatic rings. The van der Waals surface area contributed by atoms with E-state index in [1.807, 2.05) is 12.2 Å².